The molecule has 122 valence electrons. The molecule has 0 amide bonds. The Hall–Kier alpha value is 0. The van der Waals surface area contributed by atoms with E-state index in [1.54, 1.807) is 0 Å². The van der Waals surface area contributed by atoms with E-state index in [4.69, 9.17) is 0 Å². The van der Waals surface area contributed by atoms with E-state index in [0.29, 0.717) is 0 Å². The van der Waals surface area contributed by atoms with Crippen molar-refractivity contribution < 1.29 is 0 Å². The van der Waals surface area contributed by atoms with Gasteiger partial charge >= 0.3 is 0 Å². The van der Waals surface area contributed by atoms with E-state index in [2.05, 4.69) is 41.5 Å². The first kappa shape index (κ1) is 20.0. The molecule has 0 aromatic heterocycles. The summed E-state index contributed by atoms with van der Waals surface area (Å²) >= 11 is 0. The van der Waals surface area contributed by atoms with Crippen molar-refractivity contribution in [3.05, 3.63) is 0 Å². The van der Waals surface area contributed by atoms with Crippen LogP contribution in [0.5, 0.6) is 0 Å². The summed E-state index contributed by atoms with van der Waals surface area (Å²) in [5.41, 5.74) is 0. The Balaban J connectivity index is 4.10. The average Bonchev–Trinajstić information content (AvgIpc) is 2.42. The van der Waals surface area contributed by atoms with Gasteiger partial charge in [-0.25, -0.2) is 0 Å². The van der Waals surface area contributed by atoms with Crippen LogP contribution in [0.1, 0.15) is 106 Å². The Morgan fingerprint density at radius 1 is 0.650 bits per heavy atom. The van der Waals surface area contributed by atoms with Crippen LogP contribution >= 0.6 is 0 Å². The van der Waals surface area contributed by atoms with Gasteiger partial charge in [0, 0.05) is 0 Å². The molecular formula is C20H42. The van der Waals surface area contributed by atoms with E-state index in [1.807, 2.05) is 0 Å². The highest BCUT2D eigenvalue weighted by atomic mass is 14.3. The smallest absolute Gasteiger partial charge is 0.0386 e. The number of hydrogen-bond acceptors (Lipinski definition) is 0. The molecule has 0 heteroatoms. The highest BCUT2D eigenvalue weighted by Gasteiger charge is 2.20. The molecule has 0 aromatic carbocycles. The highest BCUT2D eigenvalue weighted by Crippen LogP contribution is 2.32. The number of unbranched alkanes of at least 4 members (excludes halogenated alkanes) is 2. The van der Waals surface area contributed by atoms with Gasteiger partial charge < -0.3 is 0 Å². The summed E-state index contributed by atoms with van der Waals surface area (Å²) in [5.74, 6) is 3.78. The summed E-state index contributed by atoms with van der Waals surface area (Å²) in [5, 5.41) is 0. The Labute approximate surface area is 130 Å². The largest absolute Gasteiger partial charge is 0.0654 e. The molecule has 20 heavy (non-hydrogen) atoms. The van der Waals surface area contributed by atoms with E-state index in [-0.39, 0.29) is 0 Å². The van der Waals surface area contributed by atoms with E-state index < -0.39 is 0 Å². The van der Waals surface area contributed by atoms with Gasteiger partial charge in [0.25, 0.3) is 0 Å². The minimum Gasteiger partial charge on any atom is -0.0654 e. The predicted octanol–water partition coefficient (Wildman–Crippen LogP) is 7.47. The SMILES string of the molecule is CCCC(CCCCCC(C)C)C(CC)CC(C)CC. The molecule has 0 heterocycles. The van der Waals surface area contributed by atoms with Gasteiger partial charge in [0.15, 0.2) is 0 Å². The molecule has 0 saturated heterocycles. The van der Waals surface area contributed by atoms with Crippen molar-refractivity contribution in [3.63, 3.8) is 0 Å². The molecule has 0 aromatic rings. The van der Waals surface area contributed by atoms with Crippen molar-refractivity contribution in [3.8, 4) is 0 Å². The van der Waals surface area contributed by atoms with Crippen LogP contribution in [0.15, 0.2) is 0 Å². The molecule has 0 N–H and O–H groups in total. The second-order valence-electron chi connectivity index (χ2n) is 7.50. The molecule has 0 rings (SSSR count). The average molecular weight is 283 g/mol. The van der Waals surface area contributed by atoms with Gasteiger partial charge in [-0.05, 0) is 30.1 Å². The van der Waals surface area contributed by atoms with Crippen LogP contribution in [-0.4, -0.2) is 0 Å². The zero-order valence-electron chi connectivity index (χ0n) is 15.4. The van der Waals surface area contributed by atoms with Crippen LogP contribution in [0.3, 0.4) is 0 Å². The van der Waals surface area contributed by atoms with Gasteiger partial charge in [0.2, 0.25) is 0 Å². The molecule has 0 saturated carbocycles. The lowest BCUT2D eigenvalue weighted by molar-refractivity contribution is 0.230. The lowest BCUT2D eigenvalue weighted by Gasteiger charge is -2.28. The van der Waals surface area contributed by atoms with Gasteiger partial charge in [-0.2, -0.15) is 0 Å². The van der Waals surface area contributed by atoms with E-state index >= 15 is 0 Å². The topological polar surface area (TPSA) is 0 Å². The van der Waals surface area contributed by atoms with Gasteiger partial charge in [0.05, 0.1) is 0 Å². The molecule has 0 aliphatic heterocycles. The van der Waals surface area contributed by atoms with Crippen molar-refractivity contribution in [2.45, 2.75) is 106 Å². The molecular weight excluding hydrogens is 240 g/mol. The zero-order valence-corrected chi connectivity index (χ0v) is 15.4. The number of hydrogen-bond donors (Lipinski definition) is 0. The Morgan fingerprint density at radius 3 is 1.80 bits per heavy atom. The predicted molar refractivity (Wildman–Crippen MR) is 94.2 cm³/mol. The summed E-state index contributed by atoms with van der Waals surface area (Å²) in [6, 6.07) is 0. The zero-order chi connectivity index (χ0) is 15.4. The Kier molecular flexibility index (Phi) is 12.7. The lowest BCUT2D eigenvalue weighted by Crippen LogP contribution is -2.17. The molecule has 0 radical (unpaired) electrons. The van der Waals surface area contributed by atoms with Crippen LogP contribution in [0, 0.1) is 23.7 Å². The fraction of sp³-hybridized carbons (Fsp3) is 1.00. The third-order valence-corrected chi connectivity index (χ3v) is 5.11. The fourth-order valence-electron chi connectivity index (χ4n) is 3.50. The van der Waals surface area contributed by atoms with Crippen LogP contribution < -0.4 is 0 Å². The Morgan fingerprint density at radius 2 is 1.30 bits per heavy atom. The second kappa shape index (κ2) is 12.7. The summed E-state index contributed by atoms with van der Waals surface area (Å²) in [4.78, 5) is 0. The normalized spacial score (nSPS) is 16.4. The minimum absolute atomic E-state index is 0.884. The molecule has 0 spiro atoms. The maximum atomic E-state index is 2.44. The number of rotatable bonds is 13. The molecule has 0 aliphatic carbocycles. The van der Waals surface area contributed by atoms with E-state index in [9.17, 15) is 0 Å². The summed E-state index contributed by atoms with van der Waals surface area (Å²) < 4.78 is 0. The van der Waals surface area contributed by atoms with Crippen LogP contribution in [-0.2, 0) is 0 Å². The van der Waals surface area contributed by atoms with Crippen molar-refractivity contribution in [1.82, 2.24) is 0 Å². The first-order valence-corrected chi connectivity index (χ1v) is 9.54. The van der Waals surface area contributed by atoms with Crippen LogP contribution in [0.25, 0.3) is 0 Å². The fourth-order valence-corrected chi connectivity index (χ4v) is 3.50. The molecule has 0 bridgehead atoms. The Bertz CT molecular complexity index is 194. The monoisotopic (exact) mass is 282 g/mol. The first-order chi connectivity index (χ1) is 9.54. The second-order valence-corrected chi connectivity index (χ2v) is 7.50. The van der Waals surface area contributed by atoms with Crippen molar-refractivity contribution in [2.24, 2.45) is 23.7 Å². The maximum absolute atomic E-state index is 2.44. The van der Waals surface area contributed by atoms with E-state index in [0.717, 1.165) is 23.7 Å². The van der Waals surface area contributed by atoms with Crippen LogP contribution in [0.4, 0.5) is 0 Å². The standard InChI is InChI=1S/C20H42/c1-7-13-20(15-12-10-11-14-17(4)5)19(9-3)16-18(6)8-2/h17-20H,7-16H2,1-6H3. The first-order valence-electron chi connectivity index (χ1n) is 9.54. The molecule has 0 nitrogen and oxygen atoms in total. The highest BCUT2D eigenvalue weighted by molar-refractivity contribution is 4.71. The molecule has 3 atom stereocenters. The van der Waals surface area contributed by atoms with Gasteiger partial charge in [-0.1, -0.05) is 99.3 Å². The molecule has 0 aliphatic rings. The summed E-state index contributed by atoms with van der Waals surface area (Å²) in [6.07, 6.45) is 14.3. The van der Waals surface area contributed by atoms with Crippen molar-refractivity contribution >= 4 is 0 Å². The van der Waals surface area contributed by atoms with Gasteiger partial charge in [0.1, 0.15) is 0 Å². The third kappa shape index (κ3) is 9.83. The van der Waals surface area contributed by atoms with Crippen molar-refractivity contribution in [1.29, 1.82) is 0 Å². The van der Waals surface area contributed by atoms with Crippen LogP contribution in [0.2, 0.25) is 0 Å². The minimum atomic E-state index is 0.884. The lowest BCUT2D eigenvalue weighted by atomic mass is 9.77. The summed E-state index contributed by atoms with van der Waals surface area (Å²) in [6.45, 7) is 14.3. The van der Waals surface area contributed by atoms with Gasteiger partial charge in [-0.15, -0.1) is 0 Å². The third-order valence-electron chi connectivity index (χ3n) is 5.11. The molecule has 3 unspecified atom stereocenters. The van der Waals surface area contributed by atoms with Gasteiger partial charge in [-0.3, -0.25) is 0 Å². The quantitative estimate of drug-likeness (QED) is 0.307. The summed E-state index contributed by atoms with van der Waals surface area (Å²) in [7, 11) is 0. The van der Waals surface area contributed by atoms with Crippen molar-refractivity contribution in [2.75, 3.05) is 0 Å². The maximum Gasteiger partial charge on any atom is -0.0386 e. The van der Waals surface area contributed by atoms with E-state index in [1.165, 1.54) is 64.2 Å². The molecule has 0 fully saturated rings.